The fraction of sp³-hybridized carbons (Fsp3) is 0.289. The summed E-state index contributed by atoms with van der Waals surface area (Å²) in [6, 6.07) is 39.0. The normalized spacial score (nSPS) is 11.9. The van der Waals surface area contributed by atoms with Crippen LogP contribution in [0.3, 0.4) is 0 Å². The van der Waals surface area contributed by atoms with Gasteiger partial charge in [-0.15, -0.1) is 35.7 Å². The molecule has 3 heterocycles. The molecule has 0 fully saturated rings. The van der Waals surface area contributed by atoms with E-state index in [1.54, 1.807) is 0 Å². The monoisotopic (exact) mass is 853 g/mol. The topological polar surface area (TPSA) is 44.9 Å². The summed E-state index contributed by atoms with van der Waals surface area (Å²) in [5, 5.41) is 7.25. The van der Waals surface area contributed by atoms with Crippen molar-refractivity contribution in [1.82, 2.24) is 19.3 Å². The van der Waals surface area contributed by atoms with Crippen LogP contribution in [0.15, 0.2) is 97.2 Å². The predicted molar refractivity (Wildman–Crippen MR) is 206 cm³/mol. The van der Waals surface area contributed by atoms with Crippen LogP contribution in [0.4, 0.5) is 0 Å². The minimum absolute atomic E-state index is 0. The predicted octanol–water partition coefficient (Wildman–Crippen LogP) is 12.1. The molecule has 0 spiro atoms. The van der Waals surface area contributed by atoms with Gasteiger partial charge in [0, 0.05) is 34.5 Å². The first-order valence-corrected chi connectivity index (χ1v) is 18.2. The average molecular weight is 854 g/mol. The second kappa shape index (κ2) is 16.3. The number of aromatic nitrogens is 4. The molecule has 0 aliphatic rings. The van der Waals surface area contributed by atoms with Crippen molar-refractivity contribution < 1.29 is 25.8 Å². The molecule has 3 aromatic heterocycles. The van der Waals surface area contributed by atoms with Gasteiger partial charge in [-0.05, 0) is 85.0 Å². The van der Waals surface area contributed by atoms with E-state index in [1.807, 2.05) is 41.2 Å². The second-order valence-corrected chi connectivity index (χ2v) is 13.5. The molecule has 6 heteroatoms. The minimum Gasteiger partial charge on any atom is -0.509 e. The molecular weight excluding hydrogens is 808 g/mol. The van der Waals surface area contributed by atoms with Crippen molar-refractivity contribution >= 4 is 21.8 Å². The molecule has 7 aromatic rings. The number of nitrogens with zero attached hydrogens (tertiary/aromatic N) is 4. The molecule has 0 aliphatic carbocycles. The molecule has 4 aromatic carbocycles. The molecule has 0 saturated carbocycles. The maximum atomic E-state index is 6.50. The summed E-state index contributed by atoms with van der Waals surface area (Å²) in [7, 11) is 0. The Labute approximate surface area is 317 Å². The van der Waals surface area contributed by atoms with Crippen LogP contribution in [0.2, 0.25) is 0 Å². The van der Waals surface area contributed by atoms with Crippen LogP contribution in [0.1, 0.15) is 87.7 Å². The smallest absolute Gasteiger partial charge is 0.509 e. The van der Waals surface area contributed by atoms with E-state index in [-0.39, 0.29) is 21.1 Å². The zero-order chi connectivity index (χ0) is 34.6. The van der Waals surface area contributed by atoms with Crippen molar-refractivity contribution in [2.24, 2.45) is 0 Å². The Kier molecular flexibility index (Phi) is 11.6. The van der Waals surface area contributed by atoms with Crippen LogP contribution in [-0.2, 0) is 27.5 Å². The van der Waals surface area contributed by atoms with Gasteiger partial charge in [0.1, 0.15) is 5.82 Å². The van der Waals surface area contributed by atoms with E-state index in [2.05, 4.69) is 112 Å². The standard InChI is InChI=1S/C45H46N4O.Pt/c1-6-8-11-15-31(3)36-21-24-42-41(28-36)40-23-22-39(30-43(40)48(42)44-27-34(16-9-7-2)25-26-46-44)50-38-20-14-19-37(29-38)49-33(5)45(32(4)47-49)35-17-12-10-13-18-35;/h10,12-14,17-28,31H,6-9,11,15-16H2,1-5H3;/q-2;+2. The number of ether oxygens (including phenoxy) is 1. The van der Waals surface area contributed by atoms with Gasteiger partial charge in [-0.2, -0.15) is 17.2 Å². The molecule has 0 aliphatic heterocycles. The Hall–Kier alpha value is -4.47. The molecule has 0 saturated heterocycles. The molecule has 0 radical (unpaired) electrons. The van der Waals surface area contributed by atoms with Crippen LogP contribution in [-0.4, -0.2) is 19.3 Å². The largest absolute Gasteiger partial charge is 2.00 e. The van der Waals surface area contributed by atoms with Crippen molar-refractivity contribution in [2.45, 2.75) is 85.5 Å². The van der Waals surface area contributed by atoms with Gasteiger partial charge >= 0.3 is 21.1 Å². The van der Waals surface area contributed by atoms with Crippen molar-refractivity contribution in [3.63, 3.8) is 0 Å². The molecular formula is C45H46N4OPt. The first kappa shape index (κ1) is 36.3. The van der Waals surface area contributed by atoms with Crippen LogP contribution >= 0.6 is 0 Å². The third-order valence-corrected chi connectivity index (χ3v) is 9.90. The zero-order valence-electron chi connectivity index (χ0n) is 30.3. The van der Waals surface area contributed by atoms with E-state index < -0.39 is 0 Å². The van der Waals surface area contributed by atoms with E-state index in [4.69, 9.17) is 14.8 Å². The van der Waals surface area contributed by atoms with Crippen molar-refractivity contribution in [3.05, 3.63) is 132 Å². The quantitative estimate of drug-likeness (QED) is 0.0857. The van der Waals surface area contributed by atoms with Crippen LogP contribution < -0.4 is 4.74 Å². The van der Waals surface area contributed by atoms with E-state index in [0.717, 1.165) is 69.7 Å². The number of unbranched alkanes of at least 4 members (excludes halogenated alkanes) is 3. The van der Waals surface area contributed by atoms with Crippen molar-refractivity contribution in [2.75, 3.05) is 0 Å². The number of hydrogen-bond acceptors (Lipinski definition) is 3. The molecule has 51 heavy (non-hydrogen) atoms. The Balaban J connectivity index is 0.00000448. The summed E-state index contributed by atoms with van der Waals surface area (Å²) in [5.41, 5.74) is 9.93. The Morgan fingerprint density at radius 2 is 1.59 bits per heavy atom. The van der Waals surface area contributed by atoms with Crippen molar-refractivity contribution in [3.8, 4) is 34.1 Å². The molecule has 0 N–H and O–H groups in total. The fourth-order valence-corrected chi connectivity index (χ4v) is 7.17. The van der Waals surface area contributed by atoms with Gasteiger partial charge in [0.05, 0.1) is 5.69 Å². The first-order chi connectivity index (χ1) is 24.4. The van der Waals surface area contributed by atoms with Crippen LogP contribution in [0, 0.1) is 26.0 Å². The van der Waals surface area contributed by atoms with E-state index >= 15 is 0 Å². The summed E-state index contributed by atoms with van der Waals surface area (Å²) in [5.74, 6) is 2.64. The molecule has 262 valence electrons. The van der Waals surface area contributed by atoms with E-state index in [1.165, 1.54) is 42.2 Å². The average Bonchev–Trinajstić information content (AvgIpc) is 3.63. The third-order valence-electron chi connectivity index (χ3n) is 9.90. The van der Waals surface area contributed by atoms with Gasteiger partial charge in [-0.3, -0.25) is 4.68 Å². The SMILES string of the molecule is CCCCCC(C)c1ccc2c(c1)c1ccc(Oc3[c-]c(-n4nc(C)c(-c5ccccc5)c4C)ccc3)[c-]c1n2-c1cc(CCCC)ccn1.[Pt+2]. The van der Waals surface area contributed by atoms with Gasteiger partial charge in [0.15, 0.2) is 0 Å². The molecule has 1 unspecified atom stereocenters. The summed E-state index contributed by atoms with van der Waals surface area (Å²) in [6.07, 6.45) is 10.3. The number of benzene rings is 4. The fourth-order valence-electron chi connectivity index (χ4n) is 7.17. The maximum absolute atomic E-state index is 6.50. The van der Waals surface area contributed by atoms with Crippen LogP contribution in [0.25, 0.3) is 44.4 Å². The Morgan fingerprint density at radius 3 is 2.39 bits per heavy atom. The van der Waals surface area contributed by atoms with Crippen LogP contribution in [0.5, 0.6) is 11.5 Å². The Morgan fingerprint density at radius 1 is 0.784 bits per heavy atom. The van der Waals surface area contributed by atoms with Gasteiger partial charge in [-0.25, -0.2) is 4.98 Å². The summed E-state index contributed by atoms with van der Waals surface area (Å²) in [4.78, 5) is 4.88. The molecule has 5 nitrogen and oxygen atoms in total. The molecule has 1 atom stereocenters. The summed E-state index contributed by atoms with van der Waals surface area (Å²) < 4.78 is 10.7. The molecule has 7 rings (SSSR count). The molecule has 0 amide bonds. The van der Waals surface area contributed by atoms with Gasteiger partial charge in [0.25, 0.3) is 0 Å². The minimum atomic E-state index is 0. The zero-order valence-corrected chi connectivity index (χ0v) is 32.6. The number of aryl methyl sites for hydroxylation is 2. The number of hydrogen-bond donors (Lipinski definition) is 0. The van der Waals surface area contributed by atoms with Gasteiger partial charge in [0.2, 0.25) is 0 Å². The number of pyridine rings is 1. The first-order valence-electron chi connectivity index (χ1n) is 18.2. The Bertz CT molecular complexity index is 2250. The van der Waals surface area contributed by atoms with Crippen molar-refractivity contribution in [1.29, 1.82) is 0 Å². The van der Waals surface area contributed by atoms with E-state index in [0.29, 0.717) is 17.4 Å². The van der Waals surface area contributed by atoms with Gasteiger partial charge in [-0.1, -0.05) is 94.4 Å². The number of fused-ring (bicyclic) bond motifs is 3. The maximum Gasteiger partial charge on any atom is 2.00 e. The second-order valence-electron chi connectivity index (χ2n) is 13.5. The summed E-state index contributed by atoms with van der Waals surface area (Å²) >= 11 is 0. The van der Waals surface area contributed by atoms with E-state index in [9.17, 15) is 0 Å². The van der Waals surface area contributed by atoms with Gasteiger partial charge < -0.3 is 9.30 Å². The number of rotatable bonds is 13. The summed E-state index contributed by atoms with van der Waals surface area (Å²) in [6.45, 7) is 11.0. The molecule has 0 bridgehead atoms. The third kappa shape index (κ3) is 7.60.